The van der Waals surface area contributed by atoms with Crippen LogP contribution in [0.25, 0.3) is 22.2 Å². The summed E-state index contributed by atoms with van der Waals surface area (Å²) in [4.78, 5) is 17.1. The Bertz CT molecular complexity index is 1350. The number of thioether (sulfide) groups is 1. The van der Waals surface area contributed by atoms with Crippen molar-refractivity contribution in [1.82, 2.24) is 15.1 Å². The summed E-state index contributed by atoms with van der Waals surface area (Å²) >= 11 is 1.22. The van der Waals surface area contributed by atoms with Crippen molar-refractivity contribution in [3.8, 4) is 23.8 Å². The van der Waals surface area contributed by atoms with Crippen LogP contribution in [0.3, 0.4) is 0 Å². The van der Waals surface area contributed by atoms with Gasteiger partial charge in [0.05, 0.1) is 12.3 Å². The maximum absolute atomic E-state index is 12.5. The Kier molecular flexibility index (Phi) is 6.98. The third kappa shape index (κ3) is 5.48. The van der Waals surface area contributed by atoms with E-state index in [-0.39, 0.29) is 11.7 Å². The monoisotopic (exact) mass is 483 g/mol. The van der Waals surface area contributed by atoms with Crippen LogP contribution in [0.4, 0.5) is 11.4 Å². The van der Waals surface area contributed by atoms with Gasteiger partial charge in [0, 0.05) is 43.1 Å². The molecule has 7 nitrogen and oxygen atoms in total. The topological polar surface area (TPSA) is 74.5 Å². The molecule has 1 aromatic heterocycles. The molecule has 0 aliphatic carbocycles. The molecule has 1 aliphatic heterocycles. The van der Waals surface area contributed by atoms with Gasteiger partial charge in [0.1, 0.15) is 0 Å². The summed E-state index contributed by atoms with van der Waals surface area (Å²) in [6.45, 7) is 4.49. The fourth-order valence-electron chi connectivity index (χ4n) is 4.16. The Morgan fingerprint density at radius 3 is 2.57 bits per heavy atom. The first-order valence-electron chi connectivity index (χ1n) is 11.4. The van der Waals surface area contributed by atoms with Crippen molar-refractivity contribution in [2.45, 2.75) is 5.22 Å². The third-order valence-electron chi connectivity index (χ3n) is 5.96. The number of anilines is 2. The van der Waals surface area contributed by atoms with Crippen molar-refractivity contribution >= 4 is 39.8 Å². The molecular formula is C27H25N5O2S. The van der Waals surface area contributed by atoms with E-state index in [0.29, 0.717) is 17.7 Å². The van der Waals surface area contributed by atoms with E-state index in [1.165, 1.54) is 11.8 Å². The van der Waals surface area contributed by atoms with Crippen molar-refractivity contribution in [3.05, 3.63) is 66.7 Å². The Morgan fingerprint density at radius 1 is 1.00 bits per heavy atom. The van der Waals surface area contributed by atoms with E-state index in [1.54, 1.807) is 0 Å². The zero-order valence-corrected chi connectivity index (χ0v) is 20.0. The summed E-state index contributed by atoms with van der Waals surface area (Å²) in [6.07, 6.45) is 5.41. The van der Waals surface area contributed by atoms with Gasteiger partial charge < -0.3 is 14.6 Å². The van der Waals surface area contributed by atoms with E-state index in [1.807, 2.05) is 66.7 Å². The van der Waals surface area contributed by atoms with Gasteiger partial charge in [-0.05, 0) is 41.1 Å². The Balaban J connectivity index is 1.14. The maximum atomic E-state index is 12.5. The second-order valence-corrected chi connectivity index (χ2v) is 9.18. The lowest BCUT2D eigenvalue weighted by atomic mass is 10.0. The molecule has 0 unspecified atom stereocenters. The van der Waals surface area contributed by atoms with Crippen LogP contribution in [0.5, 0.6) is 0 Å². The molecule has 2 heterocycles. The molecule has 1 amide bonds. The van der Waals surface area contributed by atoms with Crippen LogP contribution in [0.2, 0.25) is 0 Å². The van der Waals surface area contributed by atoms with Crippen LogP contribution in [-0.2, 0) is 4.79 Å². The predicted octanol–water partition coefficient (Wildman–Crippen LogP) is 4.38. The Morgan fingerprint density at radius 2 is 1.77 bits per heavy atom. The third-order valence-corrected chi connectivity index (χ3v) is 6.78. The number of aromatic nitrogens is 2. The molecule has 4 aromatic rings. The largest absolute Gasteiger partial charge is 0.411 e. The first kappa shape index (κ1) is 23.0. The molecule has 0 spiro atoms. The van der Waals surface area contributed by atoms with Gasteiger partial charge in [-0.25, -0.2) is 0 Å². The minimum Gasteiger partial charge on any atom is -0.411 e. The fraction of sp³-hybridized carbons (Fsp3) is 0.222. The van der Waals surface area contributed by atoms with E-state index in [9.17, 15) is 4.79 Å². The summed E-state index contributed by atoms with van der Waals surface area (Å²) in [5, 5.41) is 13.7. The Labute approximate surface area is 208 Å². The average molecular weight is 484 g/mol. The molecule has 8 heteroatoms. The number of terminal acetylenes is 1. The molecule has 5 rings (SSSR count). The van der Waals surface area contributed by atoms with Crippen LogP contribution < -0.4 is 10.2 Å². The lowest BCUT2D eigenvalue weighted by molar-refractivity contribution is -0.113. The van der Waals surface area contributed by atoms with Crippen molar-refractivity contribution in [1.29, 1.82) is 0 Å². The predicted molar refractivity (Wildman–Crippen MR) is 141 cm³/mol. The molecule has 1 aliphatic rings. The number of nitrogens with zero attached hydrogens (tertiary/aromatic N) is 4. The number of rotatable bonds is 7. The number of carbonyl (C=O) groups is 1. The number of amides is 1. The molecule has 0 radical (unpaired) electrons. The van der Waals surface area contributed by atoms with Gasteiger partial charge in [-0.15, -0.1) is 16.6 Å². The molecule has 176 valence electrons. The van der Waals surface area contributed by atoms with E-state index >= 15 is 0 Å². The van der Waals surface area contributed by atoms with E-state index in [0.717, 1.165) is 53.9 Å². The van der Waals surface area contributed by atoms with Crippen molar-refractivity contribution in [2.24, 2.45) is 0 Å². The van der Waals surface area contributed by atoms with Crippen LogP contribution in [-0.4, -0.2) is 59.5 Å². The number of piperazine rings is 1. The van der Waals surface area contributed by atoms with Gasteiger partial charge in [-0.3, -0.25) is 9.69 Å². The first-order chi connectivity index (χ1) is 17.2. The fourth-order valence-corrected chi connectivity index (χ4v) is 4.73. The number of fused-ring (bicyclic) bond motifs is 1. The smallest absolute Gasteiger partial charge is 0.277 e. The highest BCUT2D eigenvalue weighted by Gasteiger charge is 2.17. The summed E-state index contributed by atoms with van der Waals surface area (Å²) in [6, 6.07) is 21.9. The number of hydrogen-bond acceptors (Lipinski definition) is 7. The van der Waals surface area contributed by atoms with Gasteiger partial charge >= 0.3 is 0 Å². The van der Waals surface area contributed by atoms with E-state index in [4.69, 9.17) is 10.8 Å². The summed E-state index contributed by atoms with van der Waals surface area (Å²) < 4.78 is 5.83. The zero-order chi connectivity index (χ0) is 24.0. The van der Waals surface area contributed by atoms with Crippen molar-refractivity contribution < 1.29 is 9.21 Å². The molecule has 3 aromatic carbocycles. The van der Waals surface area contributed by atoms with Crippen molar-refractivity contribution in [3.63, 3.8) is 0 Å². The van der Waals surface area contributed by atoms with Crippen LogP contribution in [0.15, 0.2) is 76.4 Å². The normalized spacial score (nSPS) is 14.1. The lowest BCUT2D eigenvalue weighted by Gasteiger charge is -2.35. The molecular weight excluding hydrogens is 458 g/mol. The molecule has 0 saturated carbocycles. The van der Waals surface area contributed by atoms with Crippen LogP contribution in [0.1, 0.15) is 0 Å². The first-order valence-corrected chi connectivity index (χ1v) is 12.4. The number of hydrogen-bond donors (Lipinski definition) is 1. The Hall–Kier alpha value is -3.80. The van der Waals surface area contributed by atoms with Gasteiger partial charge in [0.2, 0.25) is 11.8 Å². The number of carbonyl (C=O) groups excluding carboxylic acids is 1. The highest BCUT2D eigenvalue weighted by molar-refractivity contribution is 7.99. The van der Waals surface area contributed by atoms with E-state index < -0.39 is 0 Å². The van der Waals surface area contributed by atoms with Gasteiger partial charge in [-0.1, -0.05) is 54.1 Å². The molecule has 0 atom stereocenters. The summed E-state index contributed by atoms with van der Waals surface area (Å²) in [7, 11) is 0. The average Bonchev–Trinajstić information content (AvgIpc) is 3.37. The molecule has 1 fully saturated rings. The maximum Gasteiger partial charge on any atom is 0.277 e. The van der Waals surface area contributed by atoms with Gasteiger partial charge in [0.25, 0.3) is 5.22 Å². The SMILES string of the molecule is C#CCN1CCN(c2ccc(NC(=O)CSc3nnc(-c4cccc5ccccc45)o3)cc2)CC1. The minimum absolute atomic E-state index is 0.129. The van der Waals surface area contributed by atoms with E-state index in [2.05, 4.69) is 31.2 Å². The molecule has 35 heavy (non-hydrogen) atoms. The zero-order valence-electron chi connectivity index (χ0n) is 19.2. The molecule has 0 bridgehead atoms. The van der Waals surface area contributed by atoms with Gasteiger partial charge in [0.15, 0.2) is 0 Å². The molecule has 1 saturated heterocycles. The van der Waals surface area contributed by atoms with Crippen molar-refractivity contribution in [2.75, 3.05) is 48.7 Å². The van der Waals surface area contributed by atoms with Gasteiger partial charge in [-0.2, -0.15) is 0 Å². The molecule has 1 N–H and O–H groups in total. The standard InChI is InChI=1S/C27H25N5O2S/c1-2-14-31-15-17-32(18-16-31)22-12-10-21(11-13-22)28-25(33)19-35-27-30-29-26(34-27)24-9-5-7-20-6-3-4-8-23(20)24/h1,3-13H,14-19H2,(H,28,33). The van der Waals surface area contributed by atoms with Crippen LogP contribution in [0, 0.1) is 12.3 Å². The highest BCUT2D eigenvalue weighted by Crippen LogP contribution is 2.29. The second kappa shape index (κ2) is 10.6. The summed E-state index contributed by atoms with van der Waals surface area (Å²) in [5.41, 5.74) is 2.78. The van der Waals surface area contributed by atoms with Crippen LogP contribution >= 0.6 is 11.8 Å². The minimum atomic E-state index is -0.129. The quantitative estimate of drug-likeness (QED) is 0.309. The number of benzene rings is 3. The highest BCUT2D eigenvalue weighted by atomic mass is 32.2. The number of nitrogens with one attached hydrogen (secondary N) is 1. The summed E-state index contributed by atoms with van der Waals surface area (Å²) in [5.74, 6) is 3.20. The second-order valence-electron chi connectivity index (χ2n) is 8.25. The lowest BCUT2D eigenvalue weighted by Crippen LogP contribution is -2.46.